The summed E-state index contributed by atoms with van der Waals surface area (Å²) in [5.41, 5.74) is 0. The van der Waals surface area contributed by atoms with Crippen LogP contribution in [0.4, 0.5) is 0 Å². The van der Waals surface area contributed by atoms with Crippen molar-refractivity contribution in [3.63, 3.8) is 0 Å². The molecule has 7 nitrogen and oxygen atoms in total. The Morgan fingerprint density at radius 2 is 2.29 bits per heavy atom. The number of nitrogens with one attached hydrogen (secondary N) is 1. The zero-order valence-corrected chi connectivity index (χ0v) is 10.3. The van der Waals surface area contributed by atoms with Gasteiger partial charge in [-0.2, -0.15) is 9.40 Å². The van der Waals surface area contributed by atoms with Gasteiger partial charge in [-0.05, 0) is 0 Å². The van der Waals surface area contributed by atoms with E-state index in [0.717, 1.165) is 0 Å². The van der Waals surface area contributed by atoms with Crippen molar-refractivity contribution in [2.45, 2.75) is 11.4 Å². The summed E-state index contributed by atoms with van der Waals surface area (Å²) in [5.74, 6) is 0.597. The first kappa shape index (κ1) is 11.8. The molecule has 0 radical (unpaired) electrons. The molecule has 1 N–H and O–H groups in total. The Balaban J connectivity index is 2.21. The van der Waals surface area contributed by atoms with E-state index in [4.69, 9.17) is 0 Å². The highest BCUT2D eigenvalue weighted by Crippen LogP contribution is 2.14. The highest BCUT2D eigenvalue weighted by molar-refractivity contribution is 7.89. The van der Waals surface area contributed by atoms with E-state index in [1.807, 2.05) is 0 Å². The second-order valence-corrected chi connectivity index (χ2v) is 5.69. The van der Waals surface area contributed by atoms with Gasteiger partial charge in [0.1, 0.15) is 10.7 Å². The molecular weight excluding hydrogens is 242 g/mol. The third kappa shape index (κ3) is 2.37. The number of nitrogens with zero attached hydrogens (tertiary/aromatic N) is 4. The number of sulfonamides is 1. The molecule has 0 atom stereocenters. The Bertz CT molecular complexity index is 587. The molecular formula is C9H13N5O2S. The van der Waals surface area contributed by atoms with Crippen LogP contribution in [0.3, 0.4) is 0 Å². The molecule has 0 aliphatic heterocycles. The molecule has 0 bridgehead atoms. The highest BCUT2D eigenvalue weighted by Gasteiger charge is 2.22. The molecule has 2 rings (SSSR count). The zero-order chi connectivity index (χ0) is 12.5. The number of H-pyrrole nitrogens is 1. The molecule has 0 aromatic carbocycles. The number of aryl methyl sites for hydroxylation is 1. The second-order valence-electron chi connectivity index (χ2n) is 3.65. The third-order valence-corrected chi connectivity index (χ3v) is 4.07. The first-order valence-corrected chi connectivity index (χ1v) is 6.37. The van der Waals surface area contributed by atoms with E-state index in [2.05, 4.69) is 15.1 Å². The monoisotopic (exact) mass is 255 g/mol. The van der Waals surface area contributed by atoms with Gasteiger partial charge in [-0.1, -0.05) is 0 Å². The molecule has 92 valence electrons. The Morgan fingerprint density at radius 1 is 1.53 bits per heavy atom. The van der Waals surface area contributed by atoms with Gasteiger partial charge in [0.2, 0.25) is 10.0 Å². The van der Waals surface area contributed by atoms with Crippen LogP contribution in [0.15, 0.2) is 29.7 Å². The van der Waals surface area contributed by atoms with Gasteiger partial charge in [0.15, 0.2) is 0 Å². The number of hydrogen-bond acceptors (Lipinski definition) is 4. The SMILES string of the molecule is CN(Cc1ncc[nH]1)S(=O)(=O)c1cnn(C)c1. The lowest BCUT2D eigenvalue weighted by molar-refractivity contribution is 0.458. The molecule has 0 amide bonds. The van der Waals surface area contributed by atoms with Crippen LogP contribution in [0.2, 0.25) is 0 Å². The van der Waals surface area contributed by atoms with Crippen LogP contribution in [-0.2, 0) is 23.6 Å². The summed E-state index contributed by atoms with van der Waals surface area (Å²) >= 11 is 0. The topological polar surface area (TPSA) is 83.9 Å². The lowest BCUT2D eigenvalue weighted by Gasteiger charge is -2.14. The number of rotatable bonds is 4. The van der Waals surface area contributed by atoms with Crippen molar-refractivity contribution in [1.29, 1.82) is 0 Å². The predicted octanol–water partition coefficient (Wildman–Crippen LogP) is -0.0361. The van der Waals surface area contributed by atoms with Gasteiger partial charge in [-0.15, -0.1) is 0 Å². The van der Waals surface area contributed by atoms with Crippen LogP contribution < -0.4 is 0 Å². The Hall–Kier alpha value is -1.67. The lowest BCUT2D eigenvalue weighted by Crippen LogP contribution is -2.26. The molecule has 17 heavy (non-hydrogen) atoms. The smallest absolute Gasteiger partial charge is 0.246 e. The number of hydrogen-bond donors (Lipinski definition) is 1. The molecule has 0 spiro atoms. The van der Waals surface area contributed by atoms with Crippen molar-refractivity contribution in [2.24, 2.45) is 7.05 Å². The minimum absolute atomic E-state index is 0.175. The van der Waals surface area contributed by atoms with Crippen LogP contribution >= 0.6 is 0 Å². The van der Waals surface area contributed by atoms with Crippen LogP contribution in [0.5, 0.6) is 0 Å². The molecule has 2 aromatic rings. The van der Waals surface area contributed by atoms with Gasteiger partial charge in [0.05, 0.1) is 12.7 Å². The van der Waals surface area contributed by atoms with Crippen molar-refractivity contribution in [3.05, 3.63) is 30.6 Å². The number of aromatic nitrogens is 4. The highest BCUT2D eigenvalue weighted by atomic mass is 32.2. The van der Waals surface area contributed by atoms with Gasteiger partial charge in [-0.25, -0.2) is 13.4 Å². The van der Waals surface area contributed by atoms with Crippen LogP contribution in [0.1, 0.15) is 5.82 Å². The number of aromatic amines is 1. The lowest BCUT2D eigenvalue weighted by atomic mass is 10.6. The summed E-state index contributed by atoms with van der Waals surface area (Å²) < 4.78 is 26.9. The molecule has 0 saturated heterocycles. The van der Waals surface area contributed by atoms with E-state index in [1.54, 1.807) is 19.4 Å². The summed E-state index contributed by atoms with van der Waals surface area (Å²) in [6.45, 7) is 0.199. The first-order valence-electron chi connectivity index (χ1n) is 4.93. The van der Waals surface area contributed by atoms with Crippen molar-refractivity contribution < 1.29 is 8.42 Å². The Kier molecular flexibility index (Phi) is 2.99. The van der Waals surface area contributed by atoms with E-state index in [0.29, 0.717) is 5.82 Å². The van der Waals surface area contributed by atoms with Gasteiger partial charge < -0.3 is 4.98 Å². The molecule has 0 aliphatic carbocycles. The largest absolute Gasteiger partial charge is 0.347 e. The molecule has 0 aliphatic rings. The normalized spacial score (nSPS) is 12.2. The van der Waals surface area contributed by atoms with E-state index in [-0.39, 0.29) is 11.4 Å². The van der Waals surface area contributed by atoms with E-state index in [1.165, 1.54) is 28.4 Å². The fraction of sp³-hybridized carbons (Fsp3) is 0.333. The number of imidazole rings is 1. The molecule has 0 fully saturated rings. The fourth-order valence-electron chi connectivity index (χ4n) is 1.39. The molecule has 2 heterocycles. The summed E-state index contributed by atoms with van der Waals surface area (Å²) in [7, 11) is -0.327. The quantitative estimate of drug-likeness (QED) is 0.831. The maximum atomic E-state index is 12.1. The van der Waals surface area contributed by atoms with Crippen molar-refractivity contribution in [3.8, 4) is 0 Å². The standard InChI is InChI=1S/C9H13N5O2S/c1-13-6-8(5-12-13)17(15,16)14(2)7-9-10-3-4-11-9/h3-6H,7H2,1-2H3,(H,10,11). The van der Waals surface area contributed by atoms with Gasteiger partial charge in [0.25, 0.3) is 0 Å². The average Bonchev–Trinajstić information content (AvgIpc) is 2.89. The first-order chi connectivity index (χ1) is 8.00. The van der Waals surface area contributed by atoms with Gasteiger partial charge in [0, 0.05) is 32.7 Å². The minimum atomic E-state index is -3.50. The molecule has 0 saturated carbocycles. The fourth-order valence-corrected chi connectivity index (χ4v) is 2.51. The maximum absolute atomic E-state index is 12.1. The third-order valence-electron chi connectivity index (χ3n) is 2.32. The van der Waals surface area contributed by atoms with Gasteiger partial charge >= 0.3 is 0 Å². The molecule has 8 heteroatoms. The molecule has 2 aromatic heterocycles. The van der Waals surface area contributed by atoms with Crippen LogP contribution in [0.25, 0.3) is 0 Å². The minimum Gasteiger partial charge on any atom is -0.347 e. The van der Waals surface area contributed by atoms with Crippen molar-refractivity contribution in [2.75, 3.05) is 7.05 Å². The second kappa shape index (κ2) is 4.30. The predicted molar refractivity (Wildman–Crippen MR) is 60.4 cm³/mol. The zero-order valence-electron chi connectivity index (χ0n) is 9.53. The Morgan fingerprint density at radius 3 is 2.82 bits per heavy atom. The Labute approximate surface area is 99.1 Å². The van der Waals surface area contributed by atoms with Crippen molar-refractivity contribution in [1.82, 2.24) is 24.1 Å². The van der Waals surface area contributed by atoms with E-state index < -0.39 is 10.0 Å². The average molecular weight is 255 g/mol. The van der Waals surface area contributed by atoms with E-state index in [9.17, 15) is 8.42 Å². The van der Waals surface area contributed by atoms with Crippen LogP contribution in [-0.4, -0.2) is 39.5 Å². The summed E-state index contributed by atoms with van der Waals surface area (Å²) in [6, 6.07) is 0. The summed E-state index contributed by atoms with van der Waals surface area (Å²) in [6.07, 6.45) is 6.03. The van der Waals surface area contributed by atoms with E-state index >= 15 is 0 Å². The summed E-state index contributed by atoms with van der Waals surface area (Å²) in [5, 5.41) is 3.85. The maximum Gasteiger partial charge on any atom is 0.246 e. The molecule has 0 unspecified atom stereocenters. The van der Waals surface area contributed by atoms with Crippen LogP contribution in [0, 0.1) is 0 Å². The van der Waals surface area contributed by atoms with Gasteiger partial charge in [-0.3, -0.25) is 4.68 Å². The summed E-state index contributed by atoms with van der Waals surface area (Å²) in [4.78, 5) is 7.02. The van der Waals surface area contributed by atoms with Crippen molar-refractivity contribution >= 4 is 10.0 Å².